The van der Waals surface area contributed by atoms with Gasteiger partial charge in [0, 0.05) is 18.7 Å². The Bertz CT molecular complexity index is 616. The maximum absolute atomic E-state index is 12.6. The van der Waals surface area contributed by atoms with E-state index in [0.717, 1.165) is 6.07 Å². The molecule has 0 bridgehead atoms. The molecule has 3 N–H and O–H groups in total. The molecular formula is C12H20N4O4S. The Morgan fingerprint density at radius 1 is 1.43 bits per heavy atom. The van der Waals surface area contributed by atoms with Crippen molar-refractivity contribution in [2.24, 2.45) is 5.84 Å². The van der Waals surface area contributed by atoms with Gasteiger partial charge in [0.05, 0.1) is 9.82 Å². The highest BCUT2D eigenvalue weighted by atomic mass is 32.2. The Morgan fingerprint density at radius 2 is 2.05 bits per heavy atom. The highest BCUT2D eigenvalue weighted by Gasteiger charge is 2.28. The number of nitrogens with one attached hydrogen (secondary N) is 1. The first-order valence-corrected chi connectivity index (χ1v) is 7.96. The molecule has 1 rings (SSSR count). The van der Waals surface area contributed by atoms with Crippen molar-refractivity contribution in [1.82, 2.24) is 4.31 Å². The largest absolute Gasteiger partial charge is 0.318 e. The molecule has 0 saturated heterocycles. The van der Waals surface area contributed by atoms with E-state index in [1.54, 1.807) is 13.8 Å². The van der Waals surface area contributed by atoms with E-state index in [1.807, 2.05) is 6.92 Å². The molecule has 0 radical (unpaired) electrons. The average molecular weight is 316 g/mol. The van der Waals surface area contributed by atoms with Gasteiger partial charge in [0.15, 0.2) is 0 Å². The smallest absolute Gasteiger partial charge is 0.293 e. The summed E-state index contributed by atoms with van der Waals surface area (Å²) in [5, 5.41) is 10.8. The fourth-order valence-electron chi connectivity index (χ4n) is 1.96. The number of nitro groups is 1. The van der Waals surface area contributed by atoms with Crippen molar-refractivity contribution in [3.63, 3.8) is 0 Å². The van der Waals surface area contributed by atoms with Crippen molar-refractivity contribution in [3.8, 4) is 0 Å². The molecule has 0 aliphatic carbocycles. The maximum Gasteiger partial charge on any atom is 0.293 e. The summed E-state index contributed by atoms with van der Waals surface area (Å²) in [6, 6.07) is 3.32. The van der Waals surface area contributed by atoms with E-state index in [2.05, 4.69) is 5.43 Å². The molecule has 0 spiro atoms. The number of hydrogen-bond donors (Lipinski definition) is 2. The summed E-state index contributed by atoms with van der Waals surface area (Å²) < 4.78 is 26.6. The SMILES string of the molecule is CCCN(C(C)C)S(=O)(=O)c1ccc([N+](=O)[O-])c(NN)c1. The third kappa shape index (κ3) is 3.69. The van der Waals surface area contributed by atoms with Crippen molar-refractivity contribution in [2.45, 2.75) is 38.1 Å². The summed E-state index contributed by atoms with van der Waals surface area (Å²) in [4.78, 5) is 10.2. The van der Waals surface area contributed by atoms with E-state index < -0.39 is 14.9 Å². The Morgan fingerprint density at radius 3 is 2.48 bits per heavy atom. The maximum atomic E-state index is 12.6. The van der Waals surface area contributed by atoms with Gasteiger partial charge in [0.2, 0.25) is 10.0 Å². The summed E-state index contributed by atoms with van der Waals surface area (Å²) in [5.74, 6) is 5.23. The summed E-state index contributed by atoms with van der Waals surface area (Å²) >= 11 is 0. The number of benzene rings is 1. The van der Waals surface area contributed by atoms with Gasteiger partial charge < -0.3 is 5.43 Å². The highest BCUT2D eigenvalue weighted by molar-refractivity contribution is 7.89. The number of nitrogen functional groups attached to an aromatic ring is 1. The second kappa shape index (κ2) is 6.83. The fourth-order valence-corrected chi connectivity index (χ4v) is 3.72. The van der Waals surface area contributed by atoms with Gasteiger partial charge in [-0.2, -0.15) is 4.31 Å². The van der Waals surface area contributed by atoms with Crippen molar-refractivity contribution in [2.75, 3.05) is 12.0 Å². The lowest BCUT2D eigenvalue weighted by atomic mass is 10.3. The molecule has 0 amide bonds. The van der Waals surface area contributed by atoms with Gasteiger partial charge in [-0.15, -0.1) is 0 Å². The van der Waals surface area contributed by atoms with Crippen molar-refractivity contribution in [1.29, 1.82) is 0 Å². The van der Waals surface area contributed by atoms with E-state index in [9.17, 15) is 18.5 Å². The monoisotopic (exact) mass is 316 g/mol. The van der Waals surface area contributed by atoms with Crippen LogP contribution >= 0.6 is 0 Å². The van der Waals surface area contributed by atoms with E-state index in [-0.39, 0.29) is 22.3 Å². The van der Waals surface area contributed by atoms with E-state index in [0.29, 0.717) is 13.0 Å². The molecule has 0 aliphatic heterocycles. The zero-order chi connectivity index (χ0) is 16.2. The van der Waals surface area contributed by atoms with Crippen LogP contribution in [0.25, 0.3) is 0 Å². The van der Waals surface area contributed by atoms with Gasteiger partial charge in [-0.25, -0.2) is 8.42 Å². The molecule has 1 aromatic carbocycles. The molecule has 0 aromatic heterocycles. The second-order valence-electron chi connectivity index (χ2n) is 4.79. The Balaban J connectivity index is 3.34. The number of hydrazine groups is 1. The molecule has 0 saturated carbocycles. The number of nitrogens with zero attached hydrogens (tertiary/aromatic N) is 2. The molecule has 118 valence electrons. The number of rotatable bonds is 7. The Hall–Kier alpha value is -1.71. The van der Waals surface area contributed by atoms with Crippen LogP contribution in [-0.2, 0) is 10.0 Å². The van der Waals surface area contributed by atoms with Gasteiger partial charge in [-0.3, -0.25) is 16.0 Å². The molecule has 0 aliphatic rings. The van der Waals surface area contributed by atoms with Gasteiger partial charge in [0.25, 0.3) is 5.69 Å². The Kier molecular flexibility index (Phi) is 5.64. The number of nitrogens with two attached hydrogens (primary N) is 1. The fraction of sp³-hybridized carbons (Fsp3) is 0.500. The highest BCUT2D eigenvalue weighted by Crippen LogP contribution is 2.28. The molecule has 0 heterocycles. The van der Waals surface area contributed by atoms with Gasteiger partial charge in [-0.1, -0.05) is 6.92 Å². The normalized spacial score (nSPS) is 11.9. The quantitative estimate of drug-likeness (QED) is 0.449. The first kappa shape index (κ1) is 17.3. The predicted octanol–water partition coefficient (Wildman–Crippen LogP) is 1.69. The molecule has 8 nitrogen and oxygen atoms in total. The molecule has 0 unspecified atom stereocenters. The van der Waals surface area contributed by atoms with Crippen LogP contribution in [-0.4, -0.2) is 30.2 Å². The number of anilines is 1. The number of hydrogen-bond acceptors (Lipinski definition) is 6. The van der Waals surface area contributed by atoms with Crippen molar-refractivity contribution >= 4 is 21.4 Å². The van der Waals surface area contributed by atoms with Crippen LogP contribution in [0.15, 0.2) is 23.1 Å². The van der Waals surface area contributed by atoms with Crippen molar-refractivity contribution < 1.29 is 13.3 Å². The first-order valence-electron chi connectivity index (χ1n) is 6.52. The average Bonchev–Trinajstić information content (AvgIpc) is 2.43. The second-order valence-corrected chi connectivity index (χ2v) is 6.68. The standard InChI is InChI=1S/C12H20N4O4S/c1-4-7-15(9(2)3)21(19,20)10-5-6-12(16(17)18)11(8-10)14-13/h5-6,8-9,14H,4,7,13H2,1-3H3. The van der Waals surface area contributed by atoms with Gasteiger partial charge in [-0.05, 0) is 32.4 Å². The van der Waals surface area contributed by atoms with Gasteiger partial charge in [0.1, 0.15) is 5.69 Å². The van der Waals surface area contributed by atoms with Crippen LogP contribution in [0.3, 0.4) is 0 Å². The van der Waals surface area contributed by atoms with Crippen LogP contribution in [0.4, 0.5) is 11.4 Å². The summed E-state index contributed by atoms with van der Waals surface area (Å²) in [5.41, 5.74) is 1.85. The predicted molar refractivity (Wildman–Crippen MR) is 80.2 cm³/mol. The molecular weight excluding hydrogens is 296 g/mol. The molecule has 0 atom stereocenters. The van der Waals surface area contributed by atoms with E-state index in [1.165, 1.54) is 16.4 Å². The molecule has 21 heavy (non-hydrogen) atoms. The molecule has 1 aromatic rings. The number of sulfonamides is 1. The van der Waals surface area contributed by atoms with Crippen LogP contribution in [0.1, 0.15) is 27.2 Å². The summed E-state index contributed by atoms with van der Waals surface area (Å²) in [6.45, 7) is 5.82. The minimum atomic E-state index is -3.72. The minimum Gasteiger partial charge on any atom is -0.318 e. The van der Waals surface area contributed by atoms with Crippen LogP contribution in [0, 0.1) is 10.1 Å². The molecule has 0 fully saturated rings. The number of nitro benzene ring substituents is 1. The topological polar surface area (TPSA) is 119 Å². The summed E-state index contributed by atoms with van der Waals surface area (Å²) in [7, 11) is -3.72. The lowest BCUT2D eigenvalue weighted by molar-refractivity contribution is -0.384. The lowest BCUT2D eigenvalue weighted by Crippen LogP contribution is -2.37. The molecule has 9 heteroatoms. The van der Waals surface area contributed by atoms with Gasteiger partial charge >= 0.3 is 0 Å². The lowest BCUT2D eigenvalue weighted by Gasteiger charge is -2.25. The third-order valence-corrected chi connectivity index (χ3v) is 5.02. The zero-order valence-electron chi connectivity index (χ0n) is 12.2. The van der Waals surface area contributed by atoms with E-state index in [4.69, 9.17) is 5.84 Å². The summed E-state index contributed by atoms with van der Waals surface area (Å²) in [6.07, 6.45) is 0.673. The van der Waals surface area contributed by atoms with E-state index >= 15 is 0 Å². The minimum absolute atomic E-state index is 0.0248. The Labute approximate surface area is 124 Å². The van der Waals surface area contributed by atoms with Crippen molar-refractivity contribution in [3.05, 3.63) is 28.3 Å². The zero-order valence-corrected chi connectivity index (χ0v) is 13.1. The van der Waals surface area contributed by atoms with Crippen LogP contribution in [0.5, 0.6) is 0 Å². The third-order valence-electron chi connectivity index (χ3n) is 2.95. The van der Waals surface area contributed by atoms with Crippen LogP contribution < -0.4 is 11.3 Å². The van der Waals surface area contributed by atoms with Crippen LogP contribution in [0.2, 0.25) is 0 Å². The first-order chi connectivity index (χ1) is 9.75.